The summed E-state index contributed by atoms with van der Waals surface area (Å²) < 4.78 is 6.01. The number of fused-ring (bicyclic) bond motifs is 1. The summed E-state index contributed by atoms with van der Waals surface area (Å²) in [6.07, 6.45) is 6.42. The lowest BCUT2D eigenvalue weighted by molar-refractivity contribution is 0.0358. The number of hydrogen-bond donors (Lipinski definition) is 0. The van der Waals surface area contributed by atoms with Gasteiger partial charge in [0.15, 0.2) is 0 Å². The van der Waals surface area contributed by atoms with Crippen molar-refractivity contribution in [3.8, 4) is 22.3 Å². The number of ether oxygens (including phenoxy) is 1. The van der Waals surface area contributed by atoms with Crippen LogP contribution in [0.5, 0.6) is 0 Å². The Balaban J connectivity index is 1.47. The lowest BCUT2D eigenvalue weighted by atomic mass is 9.78. The van der Waals surface area contributed by atoms with E-state index in [4.69, 9.17) is 4.74 Å². The molecule has 0 amide bonds. The Morgan fingerprint density at radius 1 is 0.806 bits per heavy atom. The van der Waals surface area contributed by atoms with Crippen molar-refractivity contribution in [3.05, 3.63) is 83.9 Å². The molecule has 0 fully saturated rings. The Morgan fingerprint density at radius 3 is 2.13 bits per heavy atom. The molecule has 0 N–H and O–H groups in total. The first-order chi connectivity index (χ1) is 15.2. The first-order valence-corrected chi connectivity index (χ1v) is 11.6. The van der Waals surface area contributed by atoms with Gasteiger partial charge in [-0.15, -0.1) is 0 Å². The summed E-state index contributed by atoms with van der Waals surface area (Å²) in [6.45, 7) is 1.17. The number of rotatable bonds is 8. The van der Waals surface area contributed by atoms with E-state index in [1.54, 1.807) is 0 Å². The van der Waals surface area contributed by atoms with Gasteiger partial charge in [-0.3, -0.25) is 0 Å². The van der Waals surface area contributed by atoms with Gasteiger partial charge in [0.1, 0.15) is 0 Å². The fraction of sp³-hybridized carbons (Fsp3) is 0.379. The van der Waals surface area contributed by atoms with Crippen LogP contribution in [0.1, 0.15) is 42.9 Å². The van der Waals surface area contributed by atoms with Gasteiger partial charge < -0.3 is 9.64 Å². The number of nitrogens with zero attached hydrogens (tertiary/aromatic N) is 1. The average Bonchev–Trinajstić information content (AvgIpc) is 2.81. The summed E-state index contributed by atoms with van der Waals surface area (Å²) in [4.78, 5) is 2.28. The van der Waals surface area contributed by atoms with E-state index in [2.05, 4.69) is 91.8 Å². The van der Waals surface area contributed by atoms with Crippen LogP contribution in [-0.4, -0.2) is 32.6 Å². The topological polar surface area (TPSA) is 12.5 Å². The maximum atomic E-state index is 6.01. The highest BCUT2D eigenvalue weighted by molar-refractivity contribution is 5.71. The summed E-state index contributed by atoms with van der Waals surface area (Å²) in [7, 11) is 6.19. The molecule has 2 heteroatoms. The van der Waals surface area contributed by atoms with Crippen molar-refractivity contribution in [1.29, 1.82) is 0 Å². The minimum atomic E-state index is 0.234. The monoisotopic (exact) mass is 413 g/mol. The van der Waals surface area contributed by atoms with E-state index in [-0.39, 0.29) is 6.10 Å². The normalized spacial score (nSPS) is 18.2. The van der Waals surface area contributed by atoms with Crippen LogP contribution in [-0.2, 0) is 11.2 Å². The molecular formula is C29H35NO. The van der Waals surface area contributed by atoms with Crippen LogP contribution >= 0.6 is 0 Å². The molecule has 1 aliphatic rings. The van der Waals surface area contributed by atoms with Crippen molar-refractivity contribution in [1.82, 2.24) is 4.90 Å². The summed E-state index contributed by atoms with van der Waals surface area (Å²) in [5.41, 5.74) is 7.97. The molecule has 31 heavy (non-hydrogen) atoms. The van der Waals surface area contributed by atoms with Crippen LogP contribution in [0.15, 0.2) is 72.8 Å². The van der Waals surface area contributed by atoms with Crippen molar-refractivity contribution in [2.24, 2.45) is 5.92 Å². The summed E-state index contributed by atoms with van der Waals surface area (Å²) in [5, 5.41) is 0. The number of benzene rings is 3. The predicted molar refractivity (Wildman–Crippen MR) is 131 cm³/mol. The standard InChI is InChI=1S/C29H35NO/c1-30(2)20-8-7-11-25-16-17-27-21-26(18-19-28(27)29(25)31-3)24-14-12-23(13-15-24)22-9-5-4-6-10-22/h4-6,9-10,12-15,18-19,21,25,29H,7-8,11,16-17,20H2,1-3H3. The van der Waals surface area contributed by atoms with E-state index in [1.807, 2.05) is 7.11 Å². The van der Waals surface area contributed by atoms with Gasteiger partial charge in [-0.1, -0.05) is 79.2 Å². The summed E-state index contributed by atoms with van der Waals surface area (Å²) in [6, 6.07) is 26.5. The molecule has 4 rings (SSSR count). The molecule has 0 saturated carbocycles. The van der Waals surface area contributed by atoms with Gasteiger partial charge in [-0.2, -0.15) is 0 Å². The molecule has 0 radical (unpaired) electrons. The molecule has 0 spiro atoms. The zero-order valence-corrected chi connectivity index (χ0v) is 19.2. The van der Waals surface area contributed by atoms with Gasteiger partial charge in [0.2, 0.25) is 0 Å². The molecule has 0 bridgehead atoms. The van der Waals surface area contributed by atoms with Gasteiger partial charge in [-0.05, 0) is 85.6 Å². The first-order valence-electron chi connectivity index (χ1n) is 11.6. The van der Waals surface area contributed by atoms with E-state index in [9.17, 15) is 0 Å². The molecule has 3 aromatic rings. The third kappa shape index (κ3) is 5.26. The molecule has 0 heterocycles. The zero-order valence-electron chi connectivity index (χ0n) is 19.2. The van der Waals surface area contributed by atoms with Crippen LogP contribution in [0.2, 0.25) is 0 Å². The molecule has 162 valence electrons. The quantitative estimate of drug-likeness (QED) is 0.369. The molecule has 1 aliphatic carbocycles. The molecule has 2 nitrogen and oxygen atoms in total. The Hall–Kier alpha value is -2.42. The number of unbranched alkanes of at least 4 members (excludes halogenated alkanes) is 1. The molecule has 0 aliphatic heterocycles. The Kier molecular flexibility index (Phi) is 7.21. The van der Waals surface area contributed by atoms with Gasteiger partial charge in [-0.25, -0.2) is 0 Å². The van der Waals surface area contributed by atoms with Crippen LogP contribution in [0, 0.1) is 5.92 Å². The van der Waals surface area contributed by atoms with Crippen molar-refractivity contribution in [3.63, 3.8) is 0 Å². The molecule has 0 aromatic heterocycles. The molecule has 0 saturated heterocycles. The van der Waals surface area contributed by atoms with Crippen LogP contribution < -0.4 is 0 Å². The van der Waals surface area contributed by atoms with E-state index < -0.39 is 0 Å². The largest absolute Gasteiger partial charge is 0.376 e. The number of aryl methyl sites for hydroxylation is 1. The van der Waals surface area contributed by atoms with Crippen LogP contribution in [0.3, 0.4) is 0 Å². The van der Waals surface area contributed by atoms with Crippen LogP contribution in [0.25, 0.3) is 22.3 Å². The molecular weight excluding hydrogens is 378 g/mol. The summed E-state index contributed by atoms with van der Waals surface area (Å²) in [5.74, 6) is 0.635. The summed E-state index contributed by atoms with van der Waals surface area (Å²) >= 11 is 0. The van der Waals surface area contributed by atoms with E-state index in [0.29, 0.717) is 5.92 Å². The highest BCUT2D eigenvalue weighted by atomic mass is 16.5. The second-order valence-corrected chi connectivity index (χ2v) is 9.11. The fourth-order valence-corrected chi connectivity index (χ4v) is 4.96. The van der Waals surface area contributed by atoms with Gasteiger partial charge in [0, 0.05) is 7.11 Å². The van der Waals surface area contributed by atoms with E-state index in [1.165, 1.54) is 65.6 Å². The average molecular weight is 414 g/mol. The second kappa shape index (κ2) is 10.3. The SMILES string of the molecule is COC1c2ccc(-c3ccc(-c4ccccc4)cc3)cc2CCC1CCCCN(C)C. The van der Waals surface area contributed by atoms with Gasteiger partial charge >= 0.3 is 0 Å². The van der Waals surface area contributed by atoms with Crippen molar-refractivity contribution in [2.45, 2.75) is 38.2 Å². The molecule has 2 unspecified atom stereocenters. The fourth-order valence-electron chi connectivity index (χ4n) is 4.96. The van der Waals surface area contributed by atoms with Crippen LogP contribution in [0.4, 0.5) is 0 Å². The highest BCUT2D eigenvalue weighted by Gasteiger charge is 2.29. The Morgan fingerprint density at radius 2 is 1.45 bits per heavy atom. The third-order valence-electron chi connectivity index (χ3n) is 6.67. The Labute approximate surface area is 187 Å². The van der Waals surface area contributed by atoms with Crippen molar-refractivity contribution >= 4 is 0 Å². The van der Waals surface area contributed by atoms with Crippen molar-refractivity contribution in [2.75, 3.05) is 27.7 Å². The van der Waals surface area contributed by atoms with E-state index in [0.717, 1.165) is 6.42 Å². The Bertz CT molecular complexity index is 962. The maximum Gasteiger partial charge on any atom is 0.0852 e. The van der Waals surface area contributed by atoms with Gasteiger partial charge in [0.25, 0.3) is 0 Å². The molecule has 2 atom stereocenters. The predicted octanol–water partition coefficient (Wildman–Crippen LogP) is 7.00. The minimum Gasteiger partial charge on any atom is -0.376 e. The highest BCUT2D eigenvalue weighted by Crippen LogP contribution is 2.40. The lowest BCUT2D eigenvalue weighted by Gasteiger charge is -2.33. The third-order valence-corrected chi connectivity index (χ3v) is 6.67. The minimum absolute atomic E-state index is 0.234. The number of hydrogen-bond acceptors (Lipinski definition) is 2. The lowest BCUT2D eigenvalue weighted by Crippen LogP contribution is -2.23. The maximum absolute atomic E-state index is 6.01. The zero-order chi connectivity index (χ0) is 21.6. The first kappa shape index (κ1) is 21.8. The van der Waals surface area contributed by atoms with Crippen molar-refractivity contribution < 1.29 is 4.74 Å². The smallest absolute Gasteiger partial charge is 0.0852 e. The van der Waals surface area contributed by atoms with Gasteiger partial charge in [0.05, 0.1) is 6.10 Å². The molecule has 3 aromatic carbocycles. The van der Waals surface area contributed by atoms with E-state index >= 15 is 0 Å². The number of methoxy groups -OCH3 is 1. The second-order valence-electron chi connectivity index (χ2n) is 9.11.